The maximum atomic E-state index is 14.1. The number of aromatic nitrogens is 3. The van der Waals surface area contributed by atoms with Crippen molar-refractivity contribution < 1.29 is 9.50 Å². The maximum Gasteiger partial charge on any atom is 0.194 e. The molecule has 6 nitrogen and oxygen atoms in total. The number of phenols is 1. The lowest BCUT2D eigenvalue weighted by atomic mass is 9.96. The van der Waals surface area contributed by atoms with E-state index in [9.17, 15) is 9.50 Å². The molecule has 4 rings (SSSR count). The molecule has 0 saturated carbocycles. The number of alkyl halides is 1. The first-order valence-corrected chi connectivity index (χ1v) is 9.95. The van der Waals surface area contributed by atoms with E-state index in [-0.39, 0.29) is 11.7 Å². The fourth-order valence-corrected chi connectivity index (χ4v) is 4.57. The Morgan fingerprint density at radius 3 is 2.93 bits per heavy atom. The predicted molar refractivity (Wildman–Crippen MR) is 107 cm³/mol. The molecule has 3 heterocycles. The number of benzene rings is 1. The van der Waals surface area contributed by atoms with Gasteiger partial charge in [0.1, 0.15) is 17.6 Å². The van der Waals surface area contributed by atoms with Crippen LogP contribution in [0, 0.1) is 19.8 Å². The van der Waals surface area contributed by atoms with Crippen LogP contribution in [0.3, 0.4) is 0 Å². The SMILES string of the molecule is Cc1cc(C)c(-n2cc3sc(NC[C@H]4CN(C)CC[C@H]4F)nc3n2)c(O)c1. The van der Waals surface area contributed by atoms with Gasteiger partial charge < -0.3 is 15.3 Å². The molecule has 1 aromatic carbocycles. The van der Waals surface area contributed by atoms with Gasteiger partial charge in [-0.3, -0.25) is 0 Å². The van der Waals surface area contributed by atoms with Crippen LogP contribution in [0.5, 0.6) is 5.75 Å². The van der Waals surface area contributed by atoms with E-state index in [1.54, 1.807) is 10.7 Å². The highest BCUT2D eigenvalue weighted by Gasteiger charge is 2.27. The topological polar surface area (TPSA) is 66.2 Å². The fraction of sp³-hybridized carbons (Fsp3) is 0.474. The largest absolute Gasteiger partial charge is 0.506 e. The van der Waals surface area contributed by atoms with Crippen LogP contribution in [0.4, 0.5) is 9.52 Å². The molecular weight excluding hydrogens is 365 g/mol. The summed E-state index contributed by atoms with van der Waals surface area (Å²) in [4.78, 5) is 6.69. The highest BCUT2D eigenvalue weighted by Crippen LogP contribution is 2.31. The number of anilines is 1. The smallest absolute Gasteiger partial charge is 0.194 e. The first-order chi connectivity index (χ1) is 12.9. The lowest BCUT2D eigenvalue weighted by Gasteiger charge is -2.32. The zero-order chi connectivity index (χ0) is 19.1. The number of rotatable bonds is 4. The van der Waals surface area contributed by atoms with Gasteiger partial charge in [0.05, 0.1) is 10.9 Å². The number of aryl methyl sites for hydroxylation is 2. The van der Waals surface area contributed by atoms with Gasteiger partial charge in [-0.25, -0.2) is 9.07 Å². The van der Waals surface area contributed by atoms with Crippen LogP contribution in [0.25, 0.3) is 16.0 Å². The van der Waals surface area contributed by atoms with Gasteiger partial charge in [-0.1, -0.05) is 17.4 Å². The highest BCUT2D eigenvalue weighted by molar-refractivity contribution is 7.22. The molecule has 0 spiro atoms. The Bertz CT molecular complexity index is 914. The Morgan fingerprint density at radius 1 is 1.37 bits per heavy atom. The number of piperidine rings is 1. The second kappa shape index (κ2) is 7.09. The third-order valence-electron chi connectivity index (χ3n) is 5.09. The highest BCUT2D eigenvalue weighted by atomic mass is 32.1. The van der Waals surface area contributed by atoms with Gasteiger partial charge in [0, 0.05) is 25.6 Å². The van der Waals surface area contributed by atoms with Crippen molar-refractivity contribution in [3.63, 3.8) is 0 Å². The standard InChI is InChI=1S/C19H24FN5OS/c1-11-6-12(2)17(15(26)7-11)25-10-16-18(23-25)22-19(27-16)21-8-13-9-24(3)5-4-14(13)20/h6-7,10,13-14,26H,4-5,8-9H2,1-3H3,(H,21,22,23)/t13-,14+/m0/s1. The molecule has 1 saturated heterocycles. The Labute approximate surface area is 161 Å². The first-order valence-electron chi connectivity index (χ1n) is 9.14. The average Bonchev–Trinajstić information content (AvgIpc) is 3.13. The Kier molecular flexibility index (Phi) is 4.77. The summed E-state index contributed by atoms with van der Waals surface area (Å²) in [7, 11) is 2.03. The molecule has 1 aliphatic rings. The molecule has 0 bridgehead atoms. The van der Waals surface area contributed by atoms with Gasteiger partial charge in [-0.05, 0) is 44.5 Å². The van der Waals surface area contributed by atoms with Crippen molar-refractivity contribution in [1.29, 1.82) is 0 Å². The predicted octanol–water partition coefficient (Wildman–Crippen LogP) is 3.51. The quantitative estimate of drug-likeness (QED) is 0.715. The summed E-state index contributed by atoms with van der Waals surface area (Å²) in [5.41, 5.74) is 3.26. The van der Waals surface area contributed by atoms with E-state index in [0.29, 0.717) is 24.3 Å². The minimum Gasteiger partial charge on any atom is -0.506 e. The zero-order valence-electron chi connectivity index (χ0n) is 15.7. The first kappa shape index (κ1) is 18.2. The van der Waals surface area contributed by atoms with Crippen LogP contribution in [0.2, 0.25) is 0 Å². The molecular formula is C19H24FN5OS. The lowest BCUT2D eigenvalue weighted by Crippen LogP contribution is -2.42. The summed E-state index contributed by atoms with van der Waals surface area (Å²) in [5, 5.41) is 18.8. The lowest BCUT2D eigenvalue weighted by molar-refractivity contribution is 0.112. The van der Waals surface area contributed by atoms with E-state index < -0.39 is 6.17 Å². The molecule has 0 radical (unpaired) electrons. The minimum absolute atomic E-state index is 0.0212. The number of nitrogens with zero attached hydrogens (tertiary/aromatic N) is 4. The van der Waals surface area contributed by atoms with Gasteiger partial charge in [0.15, 0.2) is 10.8 Å². The molecule has 1 fully saturated rings. The number of aromatic hydroxyl groups is 1. The van der Waals surface area contributed by atoms with Crippen molar-refractivity contribution in [2.24, 2.45) is 5.92 Å². The average molecular weight is 390 g/mol. The van der Waals surface area contributed by atoms with Crippen molar-refractivity contribution >= 4 is 26.8 Å². The molecule has 27 heavy (non-hydrogen) atoms. The molecule has 0 unspecified atom stereocenters. The third-order valence-corrected chi connectivity index (χ3v) is 6.03. The van der Waals surface area contributed by atoms with E-state index in [4.69, 9.17) is 0 Å². The number of halogens is 1. The number of hydrogen-bond acceptors (Lipinski definition) is 6. The normalized spacial score (nSPS) is 21.0. The van der Waals surface area contributed by atoms with Crippen molar-refractivity contribution in [3.05, 3.63) is 29.5 Å². The number of likely N-dealkylation sites (tertiary alicyclic amines) is 1. The summed E-state index contributed by atoms with van der Waals surface area (Å²) in [5.74, 6) is 0.184. The number of hydrogen-bond donors (Lipinski definition) is 2. The second-order valence-corrected chi connectivity index (χ2v) is 8.47. The molecule has 2 atom stereocenters. The number of fused-ring (bicyclic) bond motifs is 1. The Morgan fingerprint density at radius 2 is 2.19 bits per heavy atom. The third kappa shape index (κ3) is 3.64. The second-order valence-electron chi connectivity index (χ2n) is 7.44. The molecule has 144 valence electrons. The van der Waals surface area contributed by atoms with Crippen LogP contribution >= 0.6 is 11.3 Å². The van der Waals surface area contributed by atoms with E-state index in [0.717, 1.165) is 34.0 Å². The minimum atomic E-state index is -0.764. The van der Waals surface area contributed by atoms with Gasteiger partial charge in [-0.2, -0.15) is 4.98 Å². The summed E-state index contributed by atoms with van der Waals surface area (Å²) in [6.45, 7) is 6.05. The number of nitrogens with one attached hydrogen (secondary N) is 1. The van der Waals surface area contributed by atoms with Crippen LogP contribution in [0.15, 0.2) is 18.3 Å². The summed E-state index contributed by atoms with van der Waals surface area (Å²) < 4.78 is 16.7. The fourth-order valence-electron chi connectivity index (χ4n) is 3.74. The van der Waals surface area contributed by atoms with Crippen LogP contribution < -0.4 is 5.32 Å². The van der Waals surface area contributed by atoms with E-state index in [1.807, 2.05) is 33.2 Å². The Balaban J connectivity index is 1.51. The molecule has 8 heteroatoms. The van der Waals surface area contributed by atoms with Crippen LogP contribution in [-0.2, 0) is 0 Å². The van der Waals surface area contributed by atoms with Gasteiger partial charge in [0.25, 0.3) is 0 Å². The van der Waals surface area contributed by atoms with Crippen molar-refractivity contribution in [1.82, 2.24) is 19.7 Å². The summed E-state index contributed by atoms with van der Waals surface area (Å²) in [6.07, 6.45) is 1.70. The van der Waals surface area contributed by atoms with E-state index >= 15 is 0 Å². The van der Waals surface area contributed by atoms with Crippen molar-refractivity contribution in [2.75, 3.05) is 32.0 Å². The summed E-state index contributed by atoms with van der Waals surface area (Å²) in [6, 6.07) is 3.74. The van der Waals surface area contributed by atoms with Gasteiger partial charge in [-0.15, -0.1) is 5.10 Å². The molecule has 3 aromatic rings. The molecule has 0 aliphatic carbocycles. The molecule has 2 aromatic heterocycles. The van der Waals surface area contributed by atoms with Gasteiger partial charge in [0.2, 0.25) is 0 Å². The zero-order valence-corrected chi connectivity index (χ0v) is 16.6. The maximum absolute atomic E-state index is 14.1. The monoisotopic (exact) mass is 389 g/mol. The van der Waals surface area contributed by atoms with Gasteiger partial charge >= 0.3 is 0 Å². The number of phenolic OH excluding ortho intramolecular Hbond substituents is 1. The molecule has 1 aliphatic heterocycles. The van der Waals surface area contributed by atoms with E-state index in [1.165, 1.54) is 11.3 Å². The van der Waals surface area contributed by atoms with Crippen molar-refractivity contribution in [3.8, 4) is 11.4 Å². The van der Waals surface area contributed by atoms with E-state index in [2.05, 4.69) is 20.3 Å². The molecule has 0 amide bonds. The Hall–Kier alpha value is -2.19. The van der Waals surface area contributed by atoms with Crippen molar-refractivity contribution in [2.45, 2.75) is 26.4 Å². The van der Waals surface area contributed by atoms with Crippen LogP contribution in [-0.4, -0.2) is 57.6 Å². The summed E-state index contributed by atoms with van der Waals surface area (Å²) >= 11 is 1.50. The van der Waals surface area contributed by atoms with Crippen LogP contribution in [0.1, 0.15) is 17.5 Å². The number of thiazole rings is 1. The molecule has 2 N–H and O–H groups in total.